The summed E-state index contributed by atoms with van der Waals surface area (Å²) < 4.78 is 19.7. The molecular weight excluding hydrogens is 283 g/mol. The van der Waals surface area contributed by atoms with Crippen LogP contribution in [0.4, 0.5) is 0 Å². The first-order chi connectivity index (χ1) is 10.0. The Labute approximate surface area is 123 Å². The molecule has 5 heteroatoms. The Morgan fingerprint density at radius 2 is 1.48 bits per heavy atom. The number of hydrogen-bond acceptors (Lipinski definition) is 3. The highest BCUT2D eigenvalue weighted by Crippen LogP contribution is 2.53. The molecule has 0 radical (unpaired) electrons. The number of amidine groups is 1. The third kappa shape index (κ3) is 2.12. The highest BCUT2D eigenvalue weighted by molar-refractivity contribution is 7.93. The predicted octanol–water partition coefficient (Wildman–Crippen LogP) is 3.52. The van der Waals surface area contributed by atoms with Crippen LogP contribution in [0.3, 0.4) is 0 Å². The van der Waals surface area contributed by atoms with Crippen LogP contribution in [-0.4, -0.2) is 11.3 Å². The Balaban J connectivity index is 2.34. The van der Waals surface area contributed by atoms with E-state index in [4.69, 9.17) is 10.1 Å². The summed E-state index contributed by atoms with van der Waals surface area (Å²) in [5, 5.41) is 8.85. The van der Waals surface area contributed by atoms with Crippen LogP contribution < -0.4 is 15.3 Å². The van der Waals surface area contributed by atoms with E-state index in [0.717, 1.165) is 0 Å². The molecule has 106 valence electrons. The Hall–Kier alpha value is -2.19. The largest absolute Gasteiger partial charge is 0.456 e. The van der Waals surface area contributed by atoms with Crippen LogP contribution in [0.25, 0.3) is 0 Å². The summed E-state index contributed by atoms with van der Waals surface area (Å²) in [5.41, 5.74) is 0.457. The van der Waals surface area contributed by atoms with E-state index < -0.39 is 7.14 Å². The minimum atomic E-state index is -3.05. The molecule has 0 aromatic heterocycles. The summed E-state index contributed by atoms with van der Waals surface area (Å²) in [5.74, 6) is 1.33. The normalized spacial score (nSPS) is 15.6. The van der Waals surface area contributed by atoms with Crippen molar-refractivity contribution in [3.05, 3.63) is 48.5 Å². The number of rotatable bonds is 1. The fourth-order valence-corrected chi connectivity index (χ4v) is 5.22. The lowest BCUT2D eigenvalue weighted by atomic mass is 10.3. The number of nitrogens with zero attached hydrogens (tertiary/aromatic N) is 1. The maximum Gasteiger partial charge on any atom is 0.191 e. The zero-order chi connectivity index (χ0) is 15.0. The maximum atomic E-state index is 13.8. The van der Waals surface area contributed by atoms with Crippen LogP contribution in [0.1, 0.15) is 13.8 Å². The maximum absolute atomic E-state index is 13.8. The van der Waals surface area contributed by atoms with Gasteiger partial charge in [0.05, 0.1) is 16.1 Å². The van der Waals surface area contributed by atoms with Gasteiger partial charge >= 0.3 is 0 Å². The van der Waals surface area contributed by atoms with Crippen molar-refractivity contribution in [3.63, 3.8) is 0 Å². The first-order valence-corrected chi connectivity index (χ1v) is 8.32. The van der Waals surface area contributed by atoms with Gasteiger partial charge in [-0.3, -0.25) is 5.41 Å². The average molecular weight is 298 g/mol. The molecular formula is C16H15N2O2P. The van der Waals surface area contributed by atoms with Crippen LogP contribution in [0.2, 0.25) is 0 Å². The monoisotopic (exact) mass is 298 g/mol. The molecule has 21 heavy (non-hydrogen) atoms. The van der Waals surface area contributed by atoms with E-state index >= 15 is 0 Å². The second-order valence-electron chi connectivity index (χ2n) is 4.89. The van der Waals surface area contributed by atoms with Crippen LogP contribution in [-0.2, 0) is 4.57 Å². The molecule has 0 aliphatic carbocycles. The van der Waals surface area contributed by atoms with Crippen LogP contribution in [0, 0.1) is 5.41 Å². The second kappa shape index (κ2) is 4.97. The summed E-state index contributed by atoms with van der Waals surface area (Å²) in [6, 6.07) is 14.6. The molecule has 0 atom stereocenters. The summed E-state index contributed by atoms with van der Waals surface area (Å²) in [6.45, 7) is 3.30. The minimum absolute atomic E-state index is 0.143. The van der Waals surface area contributed by atoms with E-state index in [1.165, 1.54) is 0 Å². The molecule has 0 saturated heterocycles. The van der Waals surface area contributed by atoms with Crippen molar-refractivity contribution in [2.24, 2.45) is 4.99 Å². The molecule has 1 aliphatic rings. The topological polar surface area (TPSA) is 62.5 Å². The van der Waals surface area contributed by atoms with Crippen molar-refractivity contribution in [2.45, 2.75) is 13.8 Å². The van der Waals surface area contributed by atoms with E-state index in [0.29, 0.717) is 27.6 Å². The third-order valence-corrected chi connectivity index (χ3v) is 6.52. The molecule has 0 amide bonds. The van der Waals surface area contributed by atoms with Crippen molar-refractivity contribution in [1.29, 1.82) is 5.41 Å². The lowest BCUT2D eigenvalue weighted by Gasteiger charge is -2.28. The number of hydrogen-bond donors (Lipinski definition) is 1. The molecule has 2 aromatic rings. The number of nitrogens with one attached hydrogen (secondary N) is 1. The molecule has 0 spiro atoms. The van der Waals surface area contributed by atoms with Crippen molar-refractivity contribution >= 4 is 29.0 Å². The molecule has 2 aromatic carbocycles. The first-order valence-electron chi connectivity index (χ1n) is 6.61. The average Bonchev–Trinajstić information content (AvgIpc) is 2.47. The Morgan fingerprint density at radius 3 is 1.95 bits per heavy atom. The van der Waals surface area contributed by atoms with E-state index in [1.54, 1.807) is 13.8 Å². The van der Waals surface area contributed by atoms with Crippen molar-refractivity contribution in [3.8, 4) is 11.5 Å². The fraction of sp³-hybridized carbons (Fsp3) is 0.125. The predicted molar refractivity (Wildman–Crippen MR) is 86.3 cm³/mol. The lowest BCUT2D eigenvalue weighted by Crippen LogP contribution is -2.28. The smallest absolute Gasteiger partial charge is 0.191 e. The van der Waals surface area contributed by atoms with Gasteiger partial charge in [-0.2, -0.15) is 0 Å². The minimum Gasteiger partial charge on any atom is -0.456 e. The Bertz CT molecular complexity index is 762. The molecule has 0 fully saturated rings. The van der Waals surface area contributed by atoms with Crippen LogP contribution >= 0.6 is 7.14 Å². The molecule has 1 aliphatic heterocycles. The zero-order valence-electron chi connectivity index (χ0n) is 11.8. The van der Waals surface area contributed by atoms with Crippen molar-refractivity contribution in [1.82, 2.24) is 0 Å². The van der Waals surface area contributed by atoms with Crippen LogP contribution in [0.5, 0.6) is 11.5 Å². The standard InChI is InChI=1S/C16H15N2O2P/c1-11(17)18-12(2)21(19)15-9-5-3-7-13(15)20-14-8-4-6-10-16(14)21/h3-10,17H,1-2H3/b17-11?,18-12+. The SMILES string of the molecule is CC(=N)/N=C(\C)P1(=O)c2ccccc2Oc2ccccc21. The van der Waals surface area contributed by atoms with Gasteiger partial charge in [-0.25, -0.2) is 4.99 Å². The van der Waals surface area contributed by atoms with Gasteiger partial charge in [0.15, 0.2) is 7.14 Å². The van der Waals surface area contributed by atoms with Gasteiger partial charge in [0.2, 0.25) is 0 Å². The Kier molecular flexibility index (Phi) is 3.26. The van der Waals surface area contributed by atoms with E-state index in [1.807, 2.05) is 48.5 Å². The van der Waals surface area contributed by atoms with Gasteiger partial charge in [-0.15, -0.1) is 0 Å². The quantitative estimate of drug-likeness (QED) is 0.497. The molecule has 0 saturated carbocycles. The highest BCUT2D eigenvalue weighted by atomic mass is 31.2. The summed E-state index contributed by atoms with van der Waals surface area (Å²) in [7, 11) is -3.05. The van der Waals surface area contributed by atoms with Gasteiger partial charge in [0.25, 0.3) is 0 Å². The number of benzene rings is 2. The van der Waals surface area contributed by atoms with Gasteiger partial charge in [-0.05, 0) is 38.1 Å². The number of para-hydroxylation sites is 2. The van der Waals surface area contributed by atoms with Gasteiger partial charge in [0, 0.05) is 0 Å². The molecule has 0 unspecified atom stereocenters. The second-order valence-corrected chi connectivity index (χ2v) is 7.72. The first kappa shape index (κ1) is 13.8. The van der Waals surface area contributed by atoms with Crippen LogP contribution in [0.15, 0.2) is 53.5 Å². The van der Waals surface area contributed by atoms with Crippen molar-refractivity contribution < 1.29 is 9.30 Å². The van der Waals surface area contributed by atoms with Crippen molar-refractivity contribution in [2.75, 3.05) is 0 Å². The van der Waals surface area contributed by atoms with E-state index in [-0.39, 0.29) is 5.84 Å². The third-order valence-electron chi connectivity index (χ3n) is 3.41. The molecule has 0 bridgehead atoms. The fourth-order valence-electron chi connectivity index (χ4n) is 2.52. The molecule has 3 rings (SSSR count). The van der Waals surface area contributed by atoms with Gasteiger partial charge in [0.1, 0.15) is 17.3 Å². The lowest BCUT2D eigenvalue weighted by molar-refractivity contribution is 0.485. The summed E-state index contributed by atoms with van der Waals surface area (Å²) in [4.78, 5) is 4.15. The van der Waals surface area contributed by atoms with Gasteiger partial charge < -0.3 is 9.30 Å². The molecule has 1 N–H and O–H groups in total. The van der Waals surface area contributed by atoms with Gasteiger partial charge in [-0.1, -0.05) is 24.3 Å². The summed E-state index contributed by atoms with van der Waals surface area (Å²) in [6.07, 6.45) is 0. The highest BCUT2D eigenvalue weighted by Gasteiger charge is 2.39. The Morgan fingerprint density at radius 1 is 1.00 bits per heavy atom. The molecule has 1 heterocycles. The zero-order valence-corrected chi connectivity index (χ0v) is 12.7. The summed E-state index contributed by atoms with van der Waals surface area (Å²) >= 11 is 0. The number of aliphatic imine (C=N–C) groups is 1. The number of ether oxygens (including phenoxy) is 1. The number of fused-ring (bicyclic) bond motifs is 2. The van der Waals surface area contributed by atoms with E-state index in [2.05, 4.69) is 4.99 Å². The molecule has 4 nitrogen and oxygen atoms in total. The van der Waals surface area contributed by atoms with E-state index in [9.17, 15) is 4.57 Å².